The van der Waals surface area contributed by atoms with Crippen LogP contribution in [0.25, 0.3) is 0 Å². The van der Waals surface area contributed by atoms with Gasteiger partial charge in [-0.25, -0.2) is 0 Å². The van der Waals surface area contributed by atoms with Gasteiger partial charge < -0.3 is 5.11 Å². The molecule has 47 valence electrons. The van der Waals surface area contributed by atoms with Gasteiger partial charge in [0.2, 0.25) is 0 Å². The van der Waals surface area contributed by atoms with Crippen LogP contribution < -0.4 is 0 Å². The summed E-state index contributed by atoms with van der Waals surface area (Å²) in [4.78, 5) is 0. The van der Waals surface area contributed by atoms with E-state index in [2.05, 4.69) is 6.07 Å². The molecule has 1 rings (SSSR count). The summed E-state index contributed by atoms with van der Waals surface area (Å²) in [5.74, 6) is 0.136. The normalized spacial score (nSPS) is 9.56. The second-order valence-corrected chi connectivity index (χ2v) is 2.26. The summed E-state index contributed by atoms with van der Waals surface area (Å²) in [6, 6.07) is 5.68. The number of rotatable bonds is 0. The third-order valence-electron chi connectivity index (χ3n) is 1.08. The predicted molar refractivity (Wildman–Crippen MR) is 36.7 cm³/mol. The van der Waals surface area contributed by atoms with Gasteiger partial charge in [0.25, 0.3) is 0 Å². The minimum atomic E-state index is 0.136. The maximum absolute atomic E-state index is 8.82. The van der Waals surface area contributed by atoms with Gasteiger partial charge in [-0.15, -0.1) is 0 Å². The number of halogens is 1. The molecule has 0 saturated heterocycles. The van der Waals surface area contributed by atoms with E-state index < -0.39 is 0 Å². The molecule has 0 atom stereocenters. The molecule has 0 aliphatic rings. The Kier molecular flexibility index (Phi) is 1.63. The molecular formula is C7H6ClO. The van der Waals surface area contributed by atoms with E-state index in [4.69, 9.17) is 16.7 Å². The lowest BCUT2D eigenvalue weighted by Gasteiger charge is -1.94. The van der Waals surface area contributed by atoms with Gasteiger partial charge in [0, 0.05) is 11.1 Å². The first-order valence-corrected chi connectivity index (χ1v) is 2.95. The molecule has 1 nitrogen and oxygen atoms in total. The molecule has 0 aromatic heterocycles. The van der Waals surface area contributed by atoms with Gasteiger partial charge in [-0.3, -0.25) is 0 Å². The average molecular weight is 142 g/mol. The van der Waals surface area contributed by atoms with Crippen LogP contribution in [0, 0.1) is 13.0 Å². The van der Waals surface area contributed by atoms with E-state index in [1.165, 1.54) is 0 Å². The topological polar surface area (TPSA) is 20.2 Å². The molecule has 0 amide bonds. The number of benzene rings is 1. The van der Waals surface area contributed by atoms with E-state index in [1.54, 1.807) is 12.1 Å². The minimum absolute atomic E-state index is 0.136. The van der Waals surface area contributed by atoms with Crippen LogP contribution in [0.4, 0.5) is 0 Å². The van der Waals surface area contributed by atoms with Crippen molar-refractivity contribution in [2.45, 2.75) is 6.92 Å². The monoisotopic (exact) mass is 141 g/mol. The van der Waals surface area contributed by atoms with Gasteiger partial charge in [-0.1, -0.05) is 11.6 Å². The molecule has 0 unspecified atom stereocenters. The molecule has 1 N–H and O–H groups in total. The molecule has 2 heteroatoms. The molecule has 1 aromatic rings. The van der Waals surface area contributed by atoms with E-state index in [9.17, 15) is 0 Å². The van der Waals surface area contributed by atoms with E-state index >= 15 is 0 Å². The Morgan fingerprint density at radius 2 is 2.33 bits per heavy atom. The van der Waals surface area contributed by atoms with E-state index in [0.29, 0.717) is 5.02 Å². The van der Waals surface area contributed by atoms with Crippen LogP contribution in [0.5, 0.6) is 5.75 Å². The number of hydrogen-bond acceptors (Lipinski definition) is 1. The molecule has 0 heterocycles. The number of aromatic hydroxyl groups is 1. The lowest BCUT2D eigenvalue weighted by Crippen LogP contribution is -1.72. The highest BCUT2D eigenvalue weighted by Crippen LogP contribution is 2.18. The Morgan fingerprint density at radius 3 is 2.78 bits per heavy atom. The predicted octanol–water partition coefficient (Wildman–Crippen LogP) is 2.15. The van der Waals surface area contributed by atoms with Gasteiger partial charge >= 0.3 is 0 Å². The first-order valence-electron chi connectivity index (χ1n) is 2.57. The fourth-order valence-corrected chi connectivity index (χ4v) is 0.676. The van der Waals surface area contributed by atoms with Crippen LogP contribution >= 0.6 is 11.6 Å². The van der Waals surface area contributed by atoms with Crippen molar-refractivity contribution in [1.29, 1.82) is 0 Å². The highest BCUT2D eigenvalue weighted by molar-refractivity contribution is 6.31. The van der Waals surface area contributed by atoms with Crippen LogP contribution in [-0.4, -0.2) is 5.11 Å². The Bertz CT molecular complexity index is 220. The van der Waals surface area contributed by atoms with Gasteiger partial charge in [0.1, 0.15) is 5.75 Å². The first kappa shape index (κ1) is 6.43. The summed E-state index contributed by atoms with van der Waals surface area (Å²) in [5, 5.41) is 9.46. The third-order valence-corrected chi connectivity index (χ3v) is 1.48. The zero-order chi connectivity index (χ0) is 6.85. The van der Waals surface area contributed by atoms with Crippen molar-refractivity contribution in [3.05, 3.63) is 28.8 Å². The SMILES string of the molecule is Cc1cc(O)[c]cc1Cl. The van der Waals surface area contributed by atoms with Crippen molar-refractivity contribution in [2.75, 3.05) is 0 Å². The highest BCUT2D eigenvalue weighted by atomic mass is 35.5. The third kappa shape index (κ3) is 1.36. The van der Waals surface area contributed by atoms with E-state index in [0.717, 1.165) is 5.56 Å². The molecule has 0 fully saturated rings. The highest BCUT2D eigenvalue weighted by Gasteiger charge is 1.93. The van der Waals surface area contributed by atoms with Crippen LogP contribution in [-0.2, 0) is 0 Å². The van der Waals surface area contributed by atoms with Crippen LogP contribution in [0.3, 0.4) is 0 Å². The van der Waals surface area contributed by atoms with Crippen molar-refractivity contribution >= 4 is 11.6 Å². The van der Waals surface area contributed by atoms with Crippen molar-refractivity contribution < 1.29 is 5.11 Å². The first-order chi connectivity index (χ1) is 4.20. The Hall–Kier alpha value is -0.690. The minimum Gasteiger partial charge on any atom is -0.507 e. The number of phenolic OH excluding ortho intramolecular Hbond substituents is 1. The fraction of sp³-hybridized carbons (Fsp3) is 0.143. The van der Waals surface area contributed by atoms with Crippen LogP contribution in [0.15, 0.2) is 12.1 Å². The smallest absolute Gasteiger partial charge is 0.123 e. The summed E-state index contributed by atoms with van der Waals surface area (Å²) in [7, 11) is 0. The number of aryl methyl sites for hydroxylation is 1. The Morgan fingerprint density at radius 1 is 1.67 bits per heavy atom. The lowest BCUT2D eigenvalue weighted by molar-refractivity contribution is 0.474. The van der Waals surface area contributed by atoms with Crippen molar-refractivity contribution in [3.63, 3.8) is 0 Å². The Balaban J connectivity index is 3.17. The average Bonchev–Trinajstić information content (AvgIpc) is 1.80. The van der Waals surface area contributed by atoms with Crippen molar-refractivity contribution in [1.82, 2.24) is 0 Å². The van der Waals surface area contributed by atoms with Gasteiger partial charge in [-0.2, -0.15) is 0 Å². The Labute approximate surface area is 58.9 Å². The fourth-order valence-electron chi connectivity index (χ4n) is 0.567. The summed E-state index contributed by atoms with van der Waals surface area (Å²) in [6.07, 6.45) is 0. The molecule has 1 radical (unpaired) electrons. The summed E-state index contributed by atoms with van der Waals surface area (Å²) >= 11 is 5.64. The largest absolute Gasteiger partial charge is 0.507 e. The van der Waals surface area contributed by atoms with Gasteiger partial charge in [0.05, 0.1) is 0 Å². The second kappa shape index (κ2) is 2.28. The van der Waals surface area contributed by atoms with Crippen LogP contribution in [0.2, 0.25) is 5.02 Å². The zero-order valence-electron chi connectivity index (χ0n) is 4.98. The lowest BCUT2D eigenvalue weighted by atomic mass is 10.2. The van der Waals surface area contributed by atoms with Gasteiger partial charge in [-0.05, 0) is 24.6 Å². The number of phenols is 1. The quantitative estimate of drug-likeness (QED) is 0.587. The maximum atomic E-state index is 8.82. The molecule has 0 spiro atoms. The number of hydrogen-bond donors (Lipinski definition) is 1. The van der Waals surface area contributed by atoms with Crippen molar-refractivity contribution in [3.8, 4) is 5.75 Å². The molecule has 0 bridgehead atoms. The second-order valence-electron chi connectivity index (χ2n) is 1.85. The molecule has 1 aromatic carbocycles. The standard InChI is InChI=1S/C7H6ClO/c1-5-4-6(9)2-3-7(5)8/h3-4,9H,1H3. The molecular weight excluding hydrogens is 136 g/mol. The summed E-state index contributed by atoms with van der Waals surface area (Å²) in [6.45, 7) is 1.83. The van der Waals surface area contributed by atoms with Gasteiger partial charge in [0.15, 0.2) is 0 Å². The molecule has 0 saturated carbocycles. The maximum Gasteiger partial charge on any atom is 0.123 e. The van der Waals surface area contributed by atoms with Crippen LogP contribution in [0.1, 0.15) is 5.56 Å². The molecule has 0 aliphatic heterocycles. The van der Waals surface area contributed by atoms with E-state index in [-0.39, 0.29) is 5.75 Å². The zero-order valence-corrected chi connectivity index (χ0v) is 5.74. The summed E-state index contributed by atoms with van der Waals surface area (Å²) < 4.78 is 0. The molecule has 9 heavy (non-hydrogen) atoms. The molecule has 0 aliphatic carbocycles. The van der Waals surface area contributed by atoms with E-state index in [1.807, 2.05) is 6.92 Å². The van der Waals surface area contributed by atoms with Crippen molar-refractivity contribution in [2.24, 2.45) is 0 Å². The summed E-state index contributed by atoms with van der Waals surface area (Å²) in [5.41, 5.74) is 0.868.